The topological polar surface area (TPSA) is 66.8 Å². The summed E-state index contributed by atoms with van der Waals surface area (Å²) in [6, 6.07) is 9.84. The summed E-state index contributed by atoms with van der Waals surface area (Å²) in [4.78, 5) is 12.4. The van der Waals surface area contributed by atoms with Gasteiger partial charge in [0.2, 0.25) is 0 Å². The lowest BCUT2D eigenvalue weighted by Crippen LogP contribution is -2.16. The van der Waals surface area contributed by atoms with Gasteiger partial charge in [0, 0.05) is 23.6 Å². The maximum atomic E-state index is 12.4. The van der Waals surface area contributed by atoms with Crippen LogP contribution in [0.3, 0.4) is 0 Å². The van der Waals surface area contributed by atoms with E-state index in [0.717, 1.165) is 17.5 Å². The molecule has 134 valence electrons. The Morgan fingerprint density at radius 2 is 1.76 bits per heavy atom. The number of ketones is 1. The van der Waals surface area contributed by atoms with E-state index in [1.165, 1.54) is 12.1 Å². The van der Waals surface area contributed by atoms with E-state index in [-0.39, 0.29) is 22.7 Å². The van der Waals surface area contributed by atoms with E-state index in [2.05, 4.69) is 20.8 Å². The molecule has 2 aromatic carbocycles. The average molecular weight is 342 g/mol. The monoisotopic (exact) mass is 342 g/mol. The normalized spacial score (nSPS) is 11.4. The van der Waals surface area contributed by atoms with Crippen LogP contribution in [0.1, 0.15) is 55.1 Å². The summed E-state index contributed by atoms with van der Waals surface area (Å²) in [5.74, 6) is 0.957. The first kappa shape index (κ1) is 18.8. The van der Waals surface area contributed by atoms with Crippen LogP contribution in [0.5, 0.6) is 17.2 Å². The zero-order valence-corrected chi connectivity index (χ0v) is 15.3. The van der Waals surface area contributed by atoms with Crippen LogP contribution in [0.2, 0.25) is 0 Å². The zero-order valence-electron chi connectivity index (χ0n) is 15.3. The summed E-state index contributed by atoms with van der Waals surface area (Å²) in [6.07, 6.45) is 1.74. The molecule has 2 rings (SSSR count). The maximum Gasteiger partial charge on any atom is 0.163 e. The molecule has 2 N–H and O–H groups in total. The lowest BCUT2D eigenvalue weighted by molar-refractivity contribution is 0.0982. The molecule has 0 amide bonds. The van der Waals surface area contributed by atoms with Gasteiger partial charge in [0.1, 0.15) is 17.2 Å². The predicted molar refractivity (Wildman–Crippen MR) is 98.7 cm³/mol. The van der Waals surface area contributed by atoms with Gasteiger partial charge in [0.05, 0.1) is 7.11 Å². The Morgan fingerprint density at radius 3 is 2.32 bits per heavy atom. The minimum Gasteiger partial charge on any atom is -0.508 e. The number of hydrogen-bond acceptors (Lipinski definition) is 4. The molecule has 0 aromatic heterocycles. The van der Waals surface area contributed by atoms with Crippen LogP contribution in [0, 0.1) is 0 Å². The van der Waals surface area contributed by atoms with E-state index in [1.807, 2.05) is 6.07 Å². The molecule has 0 aliphatic rings. The Morgan fingerprint density at radius 1 is 1.12 bits per heavy atom. The number of ether oxygens (including phenoxy) is 1. The SMILES string of the molecule is CCC(C)(C)c1cc(CCC(=O)c2ccc(O)cc2)c(OC)cc1O. The highest BCUT2D eigenvalue weighted by molar-refractivity contribution is 5.96. The first-order valence-electron chi connectivity index (χ1n) is 8.51. The molecular formula is C21H26O4. The van der Waals surface area contributed by atoms with E-state index in [9.17, 15) is 15.0 Å². The van der Waals surface area contributed by atoms with Crippen LogP contribution in [-0.2, 0) is 11.8 Å². The van der Waals surface area contributed by atoms with Crippen molar-refractivity contribution in [2.45, 2.75) is 45.4 Å². The van der Waals surface area contributed by atoms with Crippen LogP contribution in [0.4, 0.5) is 0 Å². The Kier molecular flexibility index (Phi) is 5.73. The molecule has 0 unspecified atom stereocenters. The minimum atomic E-state index is -0.161. The van der Waals surface area contributed by atoms with Crippen LogP contribution in [-0.4, -0.2) is 23.1 Å². The third kappa shape index (κ3) is 4.32. The molecule has 0 bridgehead atoms. The second-order valence-corrected chi connectivity index (χ2v) is 6.89. The number of rotatable bonds is 7. The van der Waals surface area contributed by atoms with Gasteiger partial charge in [-0.25, -0.2) is 0 Å². The van der Waals surface area contributed by atoms with Gasteiger partial charge in [-0.05, 0) is 54.2 Å². The summed E-state index contributed by atoms with van der Waals surface area (Å²) in [6.45, 7) is 6.25. The largest absolute Gasteiger partial charge is 0.508 e. The van der Waals surface area contributed by atoms with E-state index in [0.29, 0.717) is 24.2 Å². The van der Waals surface area contributed by atoms with Gasteiger partial charge in [0.15, 0.2) is 5.78 Å². The fourth-order valence-corrected chi connectivity index (χ4v) is 2.77. The molecule has 25 heavy (non-hydrogen) atoms. The predicted octanol–water partition coefficient (Wildman–Crippen LogP) is 4.61. The highest BCUT2D eigenvalue weighted by atomic mass is 16.5. The van der Waals surface area contributed by atoms with Gasteiger partial charge in [0.25, 0.3) is 0 Å². The second kappa shape index (κ2) is 7.60. The fourth-order valence-electron chi connectivity index (χ4n) is 2.77. The lowest BCUT2D eigenvalue weighted by atomic mass is 9.80. The molecule has 0 fully saturated rings. The Labute approximate surface area is 149 Å². The molecule has 0 atom stereocenters. The van der Waals surface area contributed by atoms with Gasteiger partial charge < -0.3 is 14.9 Å². The van der Waals surface area contributed by atoms with Gasteiger partial charge in [-0.3, -0.25) is 4.79 Å². The highest BCUT2D eigenvalue weighted by Gasteiger charge is 2.24. The molecule has 0 aliphatic carbocycles. The van der Waals surface area contributed by atoms with Gasteiger partial charge in [-0.2, -0.15) is 0 Å². The second-order valence-electron chi connectivity index (χ2n) is 6.89. The van der Waals surface area contributed by atoms with Crippen molar-refractivity contribution in [3.63, 3.8) is 0 Å². The van der Waals surface area contributed by atoms with Crippen LogP contribution < -0.4 is 4.74 Å². The molecule has 0 radical (unpaired) electrons. The summed E-state index contributed by atoms with van der Waals surface area (Å²) in [5, 5.41) is 19.6. The van der Waals surface area contributed by atoms with E-state index < -0.39 is 0 Å². The third-order valence-corrected chi connectivity index (χ3v) is 4.82. The standard InChI is InChI=1S/C21H26O4/c1-5-21(2,3)17-12-15(20(25-4)13-19(17)24)8-11-18(23)14-6-9-16(22)10-7-14/h6-7,9-10,12-13,22,24H,5,8,11H2,1-4H3. The molecule has 4 nitrogen and oxygen atoms in total. The van der Waals surface area contributed by atoms with Crippen molar-refractivity contribution in [1.29, 1.82) is 0 Å². The average Bonchev–Trinajstić information content (AvgIpc) is 2.60. The van der Waals surface area contributed by atoms with Crippen molar-refractivity contribution in [2.24, 2.45) is 0 Å². The smallest absolute Gasteiger partial charge is 0.163 e. The van der Waals surface area contributed by atoms with E-state index >= 15 is 0 Å². The summed E-state index contributed by atoms with van der Waals surface area (Å²) < 4.78 is 5.38. The lowest BCUT2D eigenvalue weighted by Gasteiger charge is -2.26. The summed E-state index contributed by atoms with van der Waals surface area (Å²) in [7, 11) is 1.56. The fraction of sp³-hybridized carbons (Fsp3) is 0.381. The number of benzene rings is 2. The van der Waals surface area contributed by atoms with Crippen molar-refractivity contribution >= 4 is 5.78 Å². The number of carbonyl (C=O) groups is 1. The van der Waals surface area contributed by atoms with Crippen molar-refractivity contribution in [3.05, 3.63) is 53.1 Å². The van der Waals surface area contributed by atoms with Crippen LogP contribution in [0.25, 0.3) is 0 Å². The van der Waals surface area contributed by atoms with Crippen molar-refractivity contribution in [3.8, 4) is 17.2 Å². The van der Waals surface area contributed by atoms with Gasteiger partial charge >= 0.3 is 0 Å². The van der Waals surface area contributed by atoms with Crippen LogP contribution >= 0.6 is 0 Å². The first-order chi connectivity index (χ1) is 11.8. The van der Waals surface area contributed by atoms with Crippen molar-refractivity contribution in [1.82, 2.24) is 0 Å². The first-order valence-corrected chi connectivity index (χ1v) is 8.51. The number of hydrogen-bond donors (Lipinski definition) is 2. The van der Waals surface area contributed by atoms with Crippen molar-refractivity contribution < 1.29 is 19.7 Å². The molecule has 0 heterocycles. The van der Waals surface area contributed by atoms with Crippen molar-refractivity contribution in [2.75, 3.05) is 7.11 Å². The third-order valence-electron chi connectivity index (χ3n) is 4.82. The number of aryl methyl sites for hydroxylation is 1. The number of methoxy groups -OCH3 is 1. The molecule has 0 spiro atoms. The van der Waals surface area contributed by atoms with E-state index in [4.69, 9.17) is 4.74 Å². The molecule has 0 saturated carbocycles. The quantitative estimate of drug-likeness (QED) is 0.721. The molecular weight excluding hydrogens is 316 g/mol. The highest BCUT2D eigenvalue weighted by Crippen LogP contribution is 2.38. The zero-order chi connectivity index (χ0) is 18.6. The number of phenols is 2. The molecule has 4 heteroatoms. The maximum absolute atomic E-state index is 12.4. The van der Waals surface area contributed by atoms with Crippen LogP contribution in [0.15, 0.2) is 36.4 Å². The summed E-state index contributed by atoms with van der Waals surface area (Å²) in [5.41, 5.74) is 2.18. The minimum absolute atomic E-state index is 0.00595. The Hall–Kier alpha value is -2.49. The number of carbonyl (C=O) groups excluding carboxylic acids is 1. The van der Waals surface area contributed by atoms with E-state index in [1.54, 1.807) is 25.3 Å². The molecule has 0 aliphatic heterocycles. The number of phenolic OH excluding ortho intramolecular Hbond substituents is 2. The Balaban J connectivity index is 2.24. The number of Topliss-reactive ketones (excluding diaryl/α,β-unsaturated/α-hetero) is 1. The number of aromatic hydroxyl groups is 2. The summed E-state index contributed by atoms with van der Waals surface area (Å²) >= 11 is 0. The molecule has 2 aromatic rings. The van der Waals surface area contributed by atoms with Gasteiger partial charge in [-0.1, -0.05) is 20.8 Å². The van der Waals surface area contributed by atoms with Gasteiger partial charge in [-0.15, -0.1) is 0 Å². The Bertz CT molecular complexity index is 745. The molecule has 0 saturated heterocycles.